The molecule has 0 heterocycles. The van der Waals surface area contributed by atoms with Crippen molar-refractivity contribution in [3.63, 3.8) is 0 Å². The first-order valence-electron chi connectivity index (χ1n) is 9.30. The number of nitrogens with zero attached hydrogens (tertiary/aromatic N) is 1. The summed E-state index contributed by atoms with van der Waals surface area (Å²) < 4.78 is 32.1. The molecule has 1 aliphatic carbocycles. The molecule has 2 rings (SSSR count). The number of ether oxygens (including phenoxy) is 1. The highest BCUT2D eigenvalue weighted by Gasteiger charge is 2.23. The van der Waals surface area contributed by atoms with Gasteiger partial charge in [0.2, 0.25) is 10.0 Å². The fraction of sp³-hybridized carbons (Fsp3) is 0.611. The third-order valence-corrected chi connectivity index (χ3v) is 6.71. The van der Waals surface area contributed by atoms with Gasteiger partial charge in [-0.25, -0.2) is 13.2 Å². The quantitative estimate of drug-likeness (QED) is 0.540. The Bertz CT molecular complexity index is 734. The number of carbonyl (C=O) groups is 1. The molecule has 27 heavy (non-hydrogen) atoms. The molecule has 1 fully saturated rings. The minimum absolute atomic E-state index is 0.0966. The van der Waals surface area contributed by atoms with E-state index in [0.29, 0.717) is 32.7 Å². The van der Waals surface area contributed by atoms with E-state index in [1.165, 1.54) is 35.3 Å². The van der Waals surface area contributed by atoms with Gasteiger partial charge in [0.25, 0.3) is 0 Å². The summed E-state index contributed by atoms with van der Waals surface area (Å²) in [5.41, 5.74) is 0.257. The molecule has 0 atom stereocenters. The first kappa shape index (κ1) is 21.9. The maximum absolute atomic E-state index is 12.6. The van der Waals surface area contributed by atoms with Crippen LogP contribution in [-0.4, -0.2) is 51.6 Å². The van der Waals surface area contributed by atoms with Crippen molar-refractivity contribution in [2.75, 3.05) is 38.2 Å². The van der Waals surface area contributed by atoms with Crippen LogP contribution in [0.2, 0.25) is 5.02 Å². The number of hydrogen-bond acceptors (Lipinski definition) is 4. The van der Waals surface area contributed by atoms with Crippen molar-refractivity contribution < 1.29 is 17.9 Å². The van der Waals surface area contributed by atoms with Crippen molar-refractivity contribution in [2.24, 2.45) is 5.92 Å². The fourth-order valence-corrected chi connectivity index (χ4v) is 4.20. The Morgan fingerprint density at radius 1 is 1.30 bits per heavy atom. The van der Waals surface area contributed by atoms with Gasteiger partial charge in [0.1, 0.15) is 0 Å². The lowest BCUT2D eigenvalue weighted by Gasteiger charge is -2.19. The maximum atomic E-state index is 12.6. The van der Waals surface area contributed by atoms with Gasteiger partial charge in [0, 0.05) is 32.8 Å². The lowest BCUT2D eigenvalue weighted by atomic mass is 10.3. The smallest absolute Gasteiger partial charge is 0.319 e. The van der Waals surface area contributed by atoms with E-state index in [2.05, 4.69) is 10.6 Å². The second kappa shape index (κ2) is 10.3. The number of halogens is 1. The van der Waals surface area contributed by atoms with Gasteiger partial charge in [0.15, 0.2) is 0 Å². The number of sulfonamides is 1. The highest BCUT2D eigenvalue weighted by molar-refractivity contribution is 7.89. The highest BCUT2D eigenvalue weighted by atomic mass is 35.5. The zero-order valence-electron chi connectivity index (χ0n) is 15.8. The first-order valence-corrected chi connectivity index (χ1v) is 11.1. The van der Waals surface area contributed by atoms with E-state index in [-0.39, 0.29) is 15.6 Å². The van der Waals surface area contributed by atoms with Crippen molar-refractivity contribution in [1.29, 1.82) is 0 Å². The molecular formula is C18H28ClN3O4S. The van der Waals surface area contributed by atoms with Crippen LogP contribution >= 0.6 is 11.6 Å². The molecule has 0 spiro atoms. The van der Waals surface area contributed by atoms with Gasteiger partial charge in [-0.2, -0.15) is 4.31 Å². The summed E-state index contributed by atoms with van der Waals surface area (Å²) in [4.78, 5) is 12.1. The number of amides is 2. The number of benzene rings is 1. The summed E-state index contributed by atoms with van der Waals surface area (Å²) >= 11 is 6.10. The molecule has 0 unspecified atom stereocenters. The summed E-state index contributed by atoms with van der Waals surface area (Å²) in [6, 6.07) is 3.86. The molecule has 7 nitrogen and oxygen atoms in total. The number of nitrogens with one attached hydrogen (secondary N) is 2. The van der Waals surface area contributed by atoms with Crippen molar-refractivity contribution in [1.82, 2.24) is 9.62 Å². The molecule has 0 aromatic heterocycles. The first-order chi connectivity index (χ1) is 12.9. The van der Waals surface area contributed by atoms with Crippen LogP contribution < -0.4 is 10.6 Å². The van der Waals surface area contributed by atoms with Gasteiger partial charge in [0.05, 0.1) is 15.6 Å². The van der Waals surface area contributed by atoms with Gasteiger partial charge >= 0.3 is 6.03 Å². The molecule has 1 saturated carbocycles. The standard InChI is InChI=1S/C18H28ClN3O4S/c1-3-22(4-2)27(24,25)15-8-9-16(19)17(12-15)21-18(23)20-10-5-11-26-13-14-6-7-14/h8-9,12,14H,3-7,10-11,13H2,1-2H3,(H2,20,21,23). The molecule has 152 valence electrons. The molecule has 0 radical (unpaired) electrons. The predicted octanol–water partition coefficient (Wildman–Crippen LogP) is 3.31. The van der Waals surface area contributed by atoms with Crippen molar-refractivity contribution in [3.05, 3.63) is 23.2 Å². The molecule has 9 heteroatoms. The van der Waals surface area contributed by atoms with Crippen LogP contribution in [0.3, 0.4) is 0 Å². The number of carbonyl (C=O) groups excluding carboxylic acids is 1. The number of rotatable bonds is 11. The molecule has 0 aliphatic heterocycles. The number of urea groups is 1. The van der Waals surface area contributed by atoms with Gasteiger partial charge in [-0.3, -0.25) is 0 Å². The third-order valence-electron chi connectivity index (χ3n) is 4.33. The number of hydrogen-bond donors (Lipinski definition) is 2. The minimum atomic E-state index is -3.62. The van der Waals surface area contributed by atoms with Crippen LogP contribution in [0.4, 0.5) is 10.5 Å². The molecule has 1 aromatic rings. The highest BCUT2D eigenvalue weighted by Crippen LogP contribution is 2.29. The Morgan fingerprint density at radius 2 is 2.00 bits per heavy atom. The van der Waals surface area contributed by atoms with Crippen LogP contribution in [0.5, 0.6) is 0 Å². The van der Waals surface area contributed by atoms with Crippen LogP contribution in [0, 0.1) is 5.92 Å². The lowest BCUT2D eigenvalue weighted by molar-refractivity contribution is 0.122. The Labute approximate surface area is 166 Å². The molecule has 0 bridgehead atoms. The number of anilines is 1. The average Bonchev–Trinajstić information content (AvgIpc) is 3.45. The SMILES string of the molecule is CCN(CC)S(=O)(=O)c1ccc(Cl)c(NC(=O)NCCCOCC2CC2)c1. The Hall–Kier alpha value is -1.35. The van der Waals surface area contributed by atoms with Crippen LogP contribution in [-0.2, 0) is 14.8 Å². The van der Waals surface area contributed by atoms with Gasteiger partial charge in [-0.15, -0.1) is 0 Å². The average molecular weight is 418 g/mol. The summed E-state index contributed by atoms with van der Waals surface area (Å²) in [6.07, 6.45) is 3.22. The normalized spacial score (nSPS) is 14.4. The van der Waals surface area contributed by atoms with Gasteiger partial charge < -0.3 is 15.4 Å². The fourth-order valence-electron chi connectivity index (χ4n) is 2.55. The van der Waals surface area contributed by atoms with E-state index in [0.717, 1.165) is 12.5 Å². The van der Waals surface area contributed by atoms with E-state index in [9.17, 15) is 13.2 Å². The van der Waals surface area contributed by atoms with E-state index < -0.39 is 16.1 Å². The summed E-state index contributed by atoms with van der Waals surface area (Å²) in [5, 5.41) is 5.60. The molecular weight excluding hydrogens is 390 g/mol. The summed E-state index contributed by atoms with van der Waals surface area (Å²) in [5.74, 6) is 0.725. The predicted molar refractivity (Wildman–Crippen MR) is 107 cm³/mol. The zero-order chi connectivity index (χ0) is 19.9. The molecule has 0 saturated heterocycles. The zero-order valence-corrected chi connectivity index (χ0v) is 17.4. The summed E-state index contributed by atoms with van der Waals surface area (Å²) in [6.45, 7) is 6.16. The van der Waals surface area contributed by atoms with E-state index >= 15 is 0 Å². The minimum Gasteiger partial charge on any atom is -0.381 e. The van der Waals surface area contributed by atoms with Crippen molar-refractivity contribution in [3.8, 4) is 0 Å². The van der Waals surface area contributed by atoms with Crippen LogP contribution in [0.1, 0.15) is 33.1 Å². The van der Waals surface area contributed by atoms with E-state index in [4.69, 9.17) is 16.3 Å². The summed E-state index contributed by atoms with van der Waals surface area (Å²) in [7, 11) is -3.62. The Balaban J connectivity index is 1.88. The molecule has 1 aliphatic rings. The second-order valence-electron chi connectivity index (χ2n) is 6.48. The van der Waals surface area contributed by atoms with Gasteiger partial charge in [-0.1, -0.05) is 25.4 Å². The van der Waals surface area contributed by atoms with Crippen LogP contribution in [0.25, 0.3) is 0 Å². The van der Waals surface area contributed by atoms with Gasteiger partial charge in [-0.05, 0) is 43.4 Å². The Kier molecular flexibility index (Phi) is 8.34. The largest absolute Gasteiger partial charge is 0.381 e. The van der Waals surface area contributed by atoms with Crippen molar-refractivity contribution >= 4 is 33.3 Å². The Morgan fingerprint density at radius 3 is 2.63 bits per heavy atom. The second-order valence-corrected chi connectivity index (χ2v) is 8.83. The lowest BCUT2D eigenvalue weighted by Crippen LogP contribution is -2.31. The monoisotopic (exact) mass is 417 g/mol. The van der Waals surface area contributed by atoms with Crippen molar-refractivity contribution in [2.45, 2.75) is 38.0 Å². The van der Waals surface area contributed by atoms with E-state index in [1.807, 2.05) is 0 Å². The maximum Gasteiger partial charge on any atom is 0.319 e. The third kappa shape index (κ3) is 6.64. The van der Waals surface area contributed by atoms with Crippen LogP contribution in [0.15, 0.2) is 23.1 Å². The topological polar surface area (TPSA) is 87.7 Å². The molecule has 2 N–H and O–H groups in total. The molecule has 1 aromatic carbocycles. The van der Waals surface area contributed by atoms with E-state index in [1.54, 1.807) is 13.8 Å². The molecule has 2 amide bonds.